The van der Waals surface area contributed by atoms with Crippen molar-refractivity contribution in [3.8, 4) is 28.7 Å². The van der Waals surface area contributed by atoms with Crippen LogP contribution in [0.3, 0.4) is 0 Å². The highest BCUT2D eigenvalue weighted by Crippen LogP contribution is 2.36. The summed E-state index contributed by atoms with van der Waals surface area (Å²) in [7, 11) is 0. The highest BCUT2D eigenvalue weighted by molar-refractivity contribution is 6.32. The molecule has 1 unspecified atom stereocenters. The van der Waals surface area contributed by atoms with Crippen LogP contribution in [-0.4, -0.2) is 76.3 Å². The fourth-order valence-corrected chi connectivity index (χ4v) is 6.27. The molecule has 1 saturated heterocycles. The molecular formula is C40H47ClN4O6. The van der Waals surface area contributed by atoms with Crippen molar-refractivity contribution in [1.29, 1.82) is 5.26 Å². The van der Waals surface area contributed by atoms with Crippen molar-refractivity contribution in [2.75, 3.05) is 39.5 Å². The van der Waals surface area contributed by atoms with E-state index in [2.05, 4.69) is 59.4 Å². The number of hydrogen-bond donors (Lipinski definition) is 4. The van der Waals surface area contributed by atoms with Gasteiger partial charge in [0.05, 0.1) is 48.7 Å². The lowest BCUT2D eigenvalue weighted by Gasteiger charge is -2.27. The Morgan fingerprint density at radius 3 is 2.27 bits per heavy atom. The lowest BCUT2D eigenvalue weighted by atomic mass is 9.92. The molecule has 2 heterocycles. The molecule has 1 fully saturated rings. The third-order valence-electron chi connectivity index (χ3n) is 9.46. The number of ether oxygens (including phenoxy) is 3. The summed E-state index contributed by atoms with van der Waals surface area (Å²) in [5.74, 6) is 0.940. The lowest BCUT2D eigenvalue weighted by molar-refractivity contribution is 0.0936. The molecule has 0 aliphatic carbocycles. The largest absolute Gasteiger partial charge is 0.488 e. The maximum Gasteiger partial charge on any atom is 0.142 e. The van der Waals surface area contributed by atoms with Crippen molar-refractivity contribution in [1.82, 2.24) is 15.2 Å². The van der Waals surface area contributed by atoms with Gasteiger partial charge < -0.3 is 34.8 Å². The van der Waals surface area contributed by atoms with Gasteiger partial charge in [-0.15, -0.1) is 0 Å². The number of nitrogens with zero attached hydrogens (tertiary/aromatic N) is 3. The first-order valence-corrected chi connectivity index (χ1v) is 17.5. The summed E-state index contributed by atoms with van der Waals surface area (Å²) in [5.41, 5.74) is 7.61. The van der Waals surface area contributed by atoms with Crippen LogP contribution < -0.4 is 14.8 Å². The molecule has 0 spiro atoms. The second-order valence-corrected chi connectivity index (χ2v) is 13.8. The predicted octanol–water partition coefficient (Wildman–Crippen LogP) is 5.46. The van der Waals surface area contributed by atoms with Crippen molar-refractivity contribution in [3.63, 3.8) is 0 Å². The van der Waals surface area contributed by atoms with Crippen LogP contribution in [0.1, 0.15) is 52.3 Å². The third kappa shape index (κ3) is 10.1. The zero-order valence-electron chi connectivity index (χ0n) is 29.5. The number of β-amino-alcohol motifs (C(OH)–C–C–N with tert-alkyl or cyclic N) is 1. The smallest absolute Gasteiger partial charge is 0.142 e. The number of halogens is 1. The van der Waals surface area contributed by atoms with Gasteiger partial charge in [-0.3, -0.25) is 9.88 Å². The first kappa shape index (κ1) is 38.2. The Labute approximate surface area is 305 Å². The molecule has 0 radical (unpaired) electrons. The predicted molar refractivity (Wildman–Crippen MR) is 197 cm³/mol. The van der Waals surface area contributed by atoms with Crippen LogP contribution in [0.15, 0.2) is 67.0 Å². The molecule has 0 amide bonds. The number of hydrogen-bond acceptors (Lipinski definition) is 10. The van der Waals surface area contributed by atoms with Crippen molar-refractivity contribution in [2.24, 2.45) is 0 Å². The fraction of sp³-hybridized carbons (Fsp3) is 0.400. The molecule has 1 aliphatic rings. The quantitative estimate of drug-likeness (QED) is 0.104. The van der Waals surface area contributed by atoms with Gasteiger partial charge in [0.1, 0.15) is 30.8 Å². The molecule has 11 heteroatoms. The van der Waals surface area contributed by atoms with Crippen LogP contribution in [0.2, 0.25) is 5.02 Å². The summed E-state index contributed by atoms with van der Waals surface area (Å²) in [6, 6.07) is 19.8. The molecule has 1 aliphatic heterocycles. The van der Waals surface area contributed by atoms with E-state index in [0.29, 0.717) is 47.4 Å². The molecule has 5 rings (SSSR count). The number of likely N-dealkylation sites (tertiary alicyclic amines) is 1. The van der Waals surface area contributed by atoms with E-state index in [1.807, 2.05) is 12.1 Å². The topological polar surface area (TPSA) is 140 Å². The van der Waals surface area contributed by atoms with Gasteiger partial charge in [0, 0.05) is 55.8 Å². The number of rotatable bonds is 17. The summed E-state index contributed by atoms with van der Waals surface area (Å²) in [6.45, 7) is 9.68. The van der Waals surface area contributed by atoms with E-state index in [0.717, 1.165) is 52.9 Å². The Morgan fingerprint density at radius 1 is 0.941 bits per heavy atom. The van der Waals surface area contributed by atoms with Gasteiger partial charge in [-0.05, 0) is 72.7 Å². The molecule has 1 aromatic heterocycles. The molecule has 3 aromatic carbocycles. The maximum absolute atomic E-state index is 9.79. The Balaban J connectivity index is 1.31. The Hall–Kier alpha value is -4.05. The molecular weight excluding hydrogens is 668 g/mol. The van der Waals surface area contributed by atoms with Crippen molar-refractivity contribution in [3.05, 3.63) is 111 Å². The number of aromatic nitrogens is 1. The van der Waals surface area contributed by atoms with E-state index in [1.54, 1.807) is 31.3 Å². The van der Waals surface area contributed by atoms with Gasteiger partial charge in [0.15, 0.2) is 0 Å². The molecule has 1 atom stereocenters. The number of nitrogens with one attached hydrogen (secondary N) is 1. The molecule has 0 saturated carbocycles. The zero-order chi connectivity index (χ0) is 36.4. The minimum atomic E-state index is -0.907. The normalized spacial score (nSPS) is 14.8. The average Bonchev–Trinajstić information content (AvgIpc) is 3.57. The van der Waals surface area contributed by atoms with E-state index in [9.17, 15) is 20.6 Å². The molecule has 10 nitrogen and oxygen atoms in total. The van der Waals surface area contributed by atoms with Crippen molar-refractivity contribution >= 4 is 11.6 Å². The standard InChI is InChI=1S/C40H47ClN4O6/c1-27-31(23-49-13-12-45-11-10-34(48)21-45)6-4-8-35(27)36-9-5-7-32(28(36)2)24-51-39-16-38(50-22-30-14-29(17-42)18-43-19-30)33(15-37(39)41)20-44-40(3,25-46)26-47/h4-9,14-16,18-19,34,44,46-48H,10-13,20-26H2,1-3H3. The highest BCUT2D eigenvalue weighted by atomic mass is 35.5. The van der Waals surface area contributed by atoms with E-state index in [4.69, 9.17) is 25.8 Å². The molecule has 51 heavy (non-hydrogen) atoms. The van der Waals surface area contributed by atoms with Gasteiger partial charge in [0.25, 0.3) is 0 Å². The first-order chi connectivity index (χ1) is 24.6. The summed E-state index contributed by atoms with van der Waals surface area (Å²) < 4.78 is 18.6. The molecule has 4 N–H and O–H groups in total. The van der Waals surface area contributed by atoms with E-state index >= 15 is 0 Å². The van der Waals surface area contributed by atoms with E-state index in [-0.39, 0.29) is 39.1 Å². The Kier molecular flexibility index (Phi) is 13.4. The van der Waals surface area contributed by atoms with Gasteiger partial charge in [-0.1, -0.05) is 48.0 Å². The van der Waals surface area contributed by atoms with Crippen LogP contribution in [-0.2, 0) is 31.1 Å². The Morgan fingerprint density at radius 2 is 1.63 bits per heavy atom. The van der Waals surface area contributed by atoms with Crippen molar-refractivity contribution < 1.29 is 29.5 Å². The van der Waals surface area contributed by atoms with E-state index < -0.39 is 5.54 Å². The second-order valence-electron chi connectivity index (χ2n) is 13.4. The lowest BCUT2D eigenvalue weighted by Crippen LogP contribution is -2.48. The summed E-state index contributed by atoms with van der Waals surface area (Å²) in [4.78, 5) is 6.36. The molecule has 4 aromatic rings. The van der Waals surface area contributed by atoms with Crippen LogP contribution >= 0.6 is 11.6 Å². The number of nitriles is 1. The summed E-state index contributed by atoms with van der Waals surface area (Å²) in [5, 5.41) is 42.2. The number of pyridine rings is 1. The number of benzene rings is 3. The minimum absolute atomic E-state index is 0.154. The van der Waals surface area contributed by atoms with Gasteiger partial charge in [-0.2, -0.15) is 5.26 Å². The first-order valence-electron chi connectivity index (χ1n) is 17.2. The average molecular weight is 715 g/mol. The molecule has 270 valence electrons. The van der Waals surface area contributed by atoms with Crippen LogP contribution in [0, 0.1) is 25.2 Å². The Bertz CT molecular complexity index is 1830. The SMILES string of the molecule is Cc1c(COCCN2CCC(O)C2)cccc1-c1cccc(COc2cc(OCc3cncc(C#N)c3)c(CNC(C)(CO)CO)cc2Cl)c1C. The third-order valence-corrected chi connectivity index (χ3v) is 9.75. The van der Waals surface area contributed by atoms with Crippen LogP contribution in [0.25, 0.3) is 11.1 Å². The van der Waals surface area contributed by atoms with Crippen LogP contribution in [0.5, 0.6) is 11.5 Å². The number of aliphatic hydroxyl groups is 3. The van der Waals surface area contributed by atoms with Crippen molar-refractivity contribution in [2.45, 2.75) is 65.2 Å². The minimum Gasteiger partial charge on any atom is -0.488 e. The fourth-order valence-electron chi connectivity index (χ4n) is 6.03. The van der Waals surface area contributed by atoms with Crippen LogP contribution in [0.4, 0.5) is 0 Å². The highest BCUT2D eigenvalue weighted by Gasteiger charge is 2.23. The summed E-state index contributed by atoms with van der Waals surface area (Å²) in [6.07, 6.45) is 3.74. The van der Waals surface area contributed by atoms with E-state index in [1.165, 1.54) is 11.8 Å². The second kappa shape index (κ2) is 17.9. The zero-order valence-corrected chi connectivity index (χ0v) is 30.2. The monoisotopic (exact) mass is 714 g/mol. The van der Waals surface area contributed by atoms with Gasteiger partial charge >= 0.3 is 0 Å². The number of aliphatic hydroxyl groups excluding tert-OH is 3. The van der Waals surface area contributed by atoms with Gasteiger partial charge in [-0.25, -0.2) is 0 Å². The van der Waals surface area contributed by atoms with Gasteiger partial charge in [0.2, 0.25) is 0 Å². The maximum atomic E-state index is 9.79. The molecule has 0 bridgehead atoms. The summed E-state index contributed by atoms with van der Waals surface area (Å²) >= 11 is 6.76.